The summed E-state index contributed by atoms with van der Waals surface area (Å²) < 4.78 is 0.738. The largest absolute Gasteiger partial charge is 0.480 e. The molecule has 0 aromatic heterocycles. The normalized spacial score (nSPS) is 11.7. The van der Waals surface area contributed by atoms with Crippen molar-refractivity contribution in [1.29, 1.82) is 0 Å². The van der Waals surface area contributed by atoms with Gasteiger partial charge in [0, 0.05) is 4.47 Å². The van der Waals surface area contributed by atoms with Crippen molar-refractivity contribution in [2.24, 2.45) is 0 Å². The Morgan fingerprint density at radius 2 is 2.06 bits per heavy atom. The van der Waals surface area contributed by atoms with Crippen molar-refractivity contribution in [2.45, 2.75) is 25.8 Å². The highest BCUT2D eigenvalue weighted by atomic mass is 79.9. The van der Waals surface area contributed by atoms with E-state index in [1.54, 1.807) is 18.2 Å². The first-order valence-electron chi connectivity index (χ1n) is 5.59. The minimum absolute atomic E-state index is 0.402. The maximum absolute atomic E-state index is 11.6. The summed E-state index contributed by atoms with van der Waals surface area (Å²) in [6.45, 7) is 1.86. The number of anilines is 1. The molecule has 0 spiro atoms. The second-order valence-electron chi connectivity index (χ2n) is 3.76. The van der Waals surface area contributed by atoms with Crippen molar-refractivity contribution in [2.75, 3.05) is 5.32 Å². The molecule has 0 heterocycles. The van der Waals surface area contributed by atoms with Gasteiger partial charge in [-0.05, 0) is 34.5 Å². The van der Waals surface area contributed by atoms with Crippen molar-refractivity contribution in [3.05, 3.63) is 28.7 Å². The van der Waals surface area contributed by atoms with Gasteiger partial charge in [0.15, 0.2) is 0 Å². The van der Waals surface area contributed by atoms with Gasteiger partial charge in [-0.2, -0.15) is 0 Å². The number of nitrogens with one attached hydrogen (secondary N) is 2. The van der Waals surface area contributed by atoms with Crippen LogP contribution in [-0.4, -0.2) is 23.1 Å². The van der Waals surface area contributed by atoms with Crippen LogP contribution in [0.3, 0.4) is 0 Å². The SMILES string of the molecule is CCCC(NC(=O)Nc1ccccc1Br)C(=O)O. The third-order valence-electron chi connectivity index (χ3n) is 2.30. The summed E-state index contributed by atoms with van der Waals surface area (Å²) in [5, 5.41) is 13.9. The fourth-order valence-corrected chi connectivity index (χ4v) is 1.81. The van der Waals surface area contributed by atoms with E-state index < -0.39 is 18.0 Å². The Morgan fingerprint density at radius 3 is 2.61 bits per heavy atom. The number of urea groups is 1. The predicted octanol–water partition coefficient (Wildman–Crippen LogP) is 2.82. The van der Waals surface area contributed by atoms with Crippen LogP contribution in [0.4, 0.5) is 10.5 Å². The standard InChI is InChI=1S/C12H15BrN2O3/c1-2-5-10(11(16)17)15-12(18)14-9-7-4-3-6-8(9)13/h3-4,6-7,10H,2,5H2,1H3,(H,16,17)(H2,14,15,18). The molecule has 0 bridgehead atoms. The molecule has 0 aliphatic rings. The van der Waals surface area contributed by atoms with Crippen LogP contribution < -0.4 is 10.6 Å². The van der Waals surface area contributed by atoms with Gasteiger partial charge in [0.25, 0.3) is 0 Å². The summed E-state index contributed by atoms with van der Waals surface area (Å²) >= 11 is 3.29. The number of carboxylic acids is 1. The molecule has 0 fully saturated rings. The number of rotatable bonds is 5. The molecule has 2 amide bonds. The molecule has 1 aromatic rings. The van der Waals surface area contributed by atoms with E-state index in [1.807, 2.05) is 13.0 Å². The highest BCUT2D eigenvalue weighted by molar-refractivity contribution is 9.10. The van der Waals surface area contributed by atoms with Crippen LogP contribution in [0.15, 0.2) is 28.7 Å². The quantitative estimate of drug-likeness (QED) is 0.782. The van der Waals surface area contributed by atoms with E-state index in [-0.39, 0.29) is 0 Å². The molecule has 5 nitrogen and oxygen atoms in total. The molecule has 0 radical (unpaired) electrons. The van der Waals surface area contributed by atoms with Gasteiger partial charge in [-0.15, -0.1) is 0 Å². The van der Waals surface area contributed by atoms with Crippen molar-refractivity contribution in [3.63, 3.8) is 0 Å². The molecule has 0 saturated carbocycles. The van der Waals surface area contributed by atoms with Gasteiger partial charge in [-0.25, -0.2) is 9.59 Å². The predicted molar refractivity (Wildman–Crippen MR) is 72.6 cm³/mol. The average molecular weight is 315 g/mol. The van der Waals surface area contributed by atoms with Crippen LogP contribution in [0.5, 0.6) is 0 Å². The lowest BCUT2D eigenvalue weighted by Crippen LogP contribution is -2.42. The molecule has 1 aromatic carbocycles. The van der Waals surface area contributed by atoms with E-state index in [1.165, 1.54) is 0 Å². The Bertz CT molecular complexity index is 437. The Morgan fingerprint density at radius 1 is 1.39 bits per heavy atom. The van der Waals surface area contributed by atoms with Crippen LogP contribution in [0.1, 0.15) is 19.8 Å². The third-order valence-corrected chi connectivity index (χ3v) is 2.99. The molecule has 1 rings (SSSR count). The zero-order valence-electron chi connectivity index (χ0n) is 9.94. The monoisotopic (exact) mass is 314 g/mol. The van der Waals surface area contributed by atoms with E-state index >= 15 is 0 Å². The van der Waals surface area contributed by atoms with E-state index in [4.69, 9.17) is 5.11 Å². The maximum atomic E-state index is 11.6. The number of carboxylic acid groups (broad SMARTS) is 1. The zero-order chi connectivity index (χ0) is 13.5. The van der Waals surface area contributed by atoms with E-state index in [9.17, 15) is 9.59 Å². The fraction of sp³-hybridized carbons (Fsp3) is 0.333. The second-order valence-corrected chi connectivity index (χ2v) is 4.61. The molecule has 98 valence electrons. The first kappa shape index (κ1) is 14.5. The lowest BCUT2D eigenvalue weighted by molar-refractivity contribution is -0.139. The first-order valence-corrected chi connectivity index (χ1v) is 6.38. The highest BCUT2D eigenvalue weighted by Gasteiger charge is 2.18. The molecule has 0 aliphatic carbocycles. The Hall–Kier alpha value is -1.56. The Labute approximate surface area is 114 Å². The molecule has 0 aliphatic heterocycles. The molecular weight excluding hydrogens is 300 g/mol. The molecule has 0 saturated heterocycles. The lowest BCUT2D eigenvalue weighted by atomic mass is 10.2. The van der Waals surface area contributed by atoms with Gasteiger partial charge in [-0.1, -0.05) is 25.5 Å². The van der Waals surface area contributed by atoms with Crippen LogP contribution in [0, 0.1) is 0 Å². The topological polar surface area (TPSA) is 78.4 Å². The number of benzene rings is 1. The number of amides is 2. The molecule has 18 heavy (non-hydrogen) atoms. The zero-order valence-corrected chi connectivity index (χ0v) is 11.5. The molecule has 3 N–H and O–H groups in total. The number of hydrogen-bond acceptors (Lipinski definition) is 2. The van der Waals surface area contributed by atoms with Crippen molar-refractivity contribution < 1.29 is 14.7 Å². The summed E-state index contributed by atoms with van der Waals surface area (Å²) in [4.78, 5) is 22.5. The molecule has 1 atom stereocenters. The van der Waals surface area contributed by atoms with Gasteiger partial charge < -0.3 is 15.7 Å². The van der Waals surface area contributed by atoms with Crippen LogP contribution in [0.2, 0.25) is 0 Å². The summed E-state index contributed by atoms with van der Waals surface area (Å²) in [5.74, 6) is -1.03. The Balaban J connectivity index is 2.61. The minimum Gasteiger partial charge on any atom is -0.480 e. The summed E-state index contributed by atoms with van der Waals surface area (Å²) in [5.41, 5.74) is 0.593. The number of carbonyl (C=O) groups is 2. The van der Waals surface area contributed by atoms with Crippen molar-refractivity contribution in [3.8, 4) is 0 Å². The average Bonchev–Trinajstić information content (AvgIpc) is 2.31. The van der Waals surface area contributed by atoms with Gasteiger partial charge in [0.05, 0.1) is 5.69 Å². The third kappa shape index (κ3) is 4.37. The Kier molecular flexibility index (Phi) is 5.64. The molecule has 6 heteroatoms. The molecular formula is C12H15BrN2O3. The molecule has 1 unspecified atom stereocenters. The van der Waals surface area contributed by atoms with Gasteiger partial charge in [-0.3, -0.25) is 0 Å². The van der Waals surface area contributed by atoms with E-state index in [2.05, 4.69) is 26.6 Å². The minimum atomic E-state index is -1.03. The second kappa shape index (κ2) is 7.00. The fourth-order valence-electron chi connectivity index (χ4n) is 1.43. The summed E-state index contributed by atoms with van der Waals surface area (Å²) in [6.07, 6.45) is 1.09. The van der Waals surface area contributed by atoms with Crippen LogP contribution >= 0.6 is 15.9 Å². The van der Waals surface area contributed by atoms with Gasteiger partial charge >= 0.3 is 12.0 Å². The summed E-state index contributed by atoms with van der Waals surface area (Å²) in [7, 11) is 0. The maximum Gasteiger partial charge on any atom is 0.326 e. The van der Waals surface area contributed by atoms with E-state index in [0.29, 0.717) is 18.5 Å². The number of para-hydroxylation sites is 1. The van der Waals surface area contributed by atoms with Crippen molar-refractivity contribution >= 4 is 33.6 Å². The lowest BCUT2D eigenvalue weighted by Gasteiger charge is -2.14. The van der Waals surface area contributed by atoms with Crippen molar-refractivity contribution in [1.82, 2.24) is 5.32 Å². The number of hydrogen-bond donors (Lipinski definition) is 3. The number of halogens is 1. The number of aliphatic carboxylic acids is 1. The van der Waals surface area contributed by atoms with Gasteiger partial charge in [0.2, 0.25) is 0 Å². The smallest absolute Gasteiger partial charge is 0.326 e. The van der Waals surface area contributed by atoms with Crippen LogP contribution in [0.25, 0.3) is 0 Å². The van der Waals surface area contributed by atoms with Gasteiger partial charge in [0.1, 0.15) is 6.04 Å². The first-order chi connectivity index (χ1) is 8.54. The van der Waals surface area contributed by atoms with Crippen LogP contribution in [-0.2, 0) is 4.79 Å². The number of carbonyl (C=O) groups excluding carboxylic acids is 1. The van der Waals surface area contributed by atoms with E-state index in [0.717, 1.165) is 4.47 Å². The highest BCUT2D eigenvalue weighted by Crippen LogP contribution is 2.20. The summed E-state index contributed by atoms with van der Waals surface area (Å²) in [6, 6.07) is 5.72.